The van der Waals surface area contributed by atoms with Gasteiger partial charge in [0.1, 0.15) is 11.5 Å². The molecular weight excluding hydrogens is 604 g/mol. The third kappa shape index (κ3) is 5.61. The summed E-state index contributed by atoms with van der Waals surface area (Å²) in [5.41, 5.74) is 1.50. The average Bonchev–Trinajstić information content (AvgIpc) is 3.36. The van der Waals surface area contributed by atoms with Gasteiger partial charge in [0.05, 0.1) is 12.0 Å². The number of nitrogens with zero attached hydrogens (tertiary/aromatic N) is 1. The van der Waals surface area contributed by atoms with E-state index in [2.05, 4.69) is 54.3 Å². The number of methoxy groups -OCH3 is 1. The number of hydrogen-bond acceptors (Lipinski definition) is 5. The van der Waals surface area contributed by atoms with E-state index in [4.69, 9.17) is 9.47 Å². The van der Waals surface area contributed by atoms with Gasteiger partial charge in [0.15, 0.2) is 11.2 Å². The Labute approximate surface area is 229 Å². The van der Waals surface area contributed by atoms with Crippen molar-refractivity contribution in [1.29, 1.82) is 0 Å². The predicted molar refractivity (Wildman–Crippen MR) is 151 cm³/mol. The fourth-order valence-electron chi connectivity index (χ4n) is 3.71. The van der Waals surface area contributed by atoms with Gasteiger partial charge in [-0.1, -0.05) is 67.5 Å². The van der Waals surface area contributed by atoms with Crippen molar-refractivity contribution in [2.24, 2.45) is 0 Å². The van der Waals surface area contributed by atoms with Crippen molar-refractivity contribution in [2.45, 2.75) is 6.10 Å². The molecule has 1 heterocycles. The number of amides is 1. The standard InChI is InChI=1S/C28H20Br2N2O3S/c1-34-23-11-5-18(6-12-23)27(33)32-28-31-16-25(36-28)26(17-2-8-21(29)9-3-17)35-24-13-7-19-14-22(30)10-4-20(19)15-24/h2-16,26H,1H3,(H,31,32,33). The Kier molecular flexibility index (Phi) is 7.36. The number of thiazole rings is 1. The van der Waals surface area contributed by atoms with Crippen LogP contribution in [0, 0.1) is 0 Å². The highest BCUT2D eigenvalue weighted by atomic mass is 79.9. The van der Waals surface area contributed by atoms with Gasteiger partial charge in [-0.05, 0) is 77.0 Å². The molecule has 5 rings (SSSR count). The van der Waals surface area contributed by atoms with Crippen LogP contribution < -0.4 is 14.8 Å². The molecule has 0 bridgehead atoms. The van der Waals surface area contributed by atoms with Crippen LogP contribution in [-0.4, -0.2) is 18.0 Å². The third-order valence-corrected chi connectivity index (χ3v) is 7.53. The maximum Gasteiger partial charge on any atom is 0.257 e. The van der Waals surface area contributed by atoms with Crippen molar-refractivity contribution in [3.63, 3.8) is 0 Å². The zero-order valence-corrected chi connectivity index (χ0v) is 23.1. The lowest BCUT2D eigenvalue weighted by atomic mass is 10.1. The number of carbonyl (C=O) groups excluding carboxylic acids is 1. The molecule has 1 atom stereocenters. The molecule has 1 N–H and O–H groups in total. The molecular formula is C28H20Br2N2O3S. The Morgan fingerprint density at radius 2 is 1.53 bits per heavy atom. The number of nitrogens with one attached hydrogen (secondary N) is 1. The van der Waals surface area contributed by atoms with Crippen LogP contribution >= 0.6 is 43.2 Å². The first-order valence-corrected chi connectivity index (χ1v) is 13.4. The molecule has 0 saturated carbocycles. The maximum absolute atomic E-state index is 12.7. The Morgan fingerprint density at radius 1 is 0.861 bits per heavy atom. The van der Waals surface area contributed by atoms with E-state index in [1.807, 2.05) is 48.5 Å². The summed E-state index contributed by atoms with van der Waals surface area (Å²) in [7, 11) is 1.59. The molecule has 0 spiro atoms. The smallest absolute Gasteiger partial charge is 0.257 e. The van der Waals surface area contributed by atoms with E-state index in [0.29, 0.717) is 16.4 Å². The molecule has 0 aliphatic heterocycles. The van der Waals surface area contributed by atoms with Gasteiger partial charge in [0.2, 0.25) is 0 Å². The molecule has 180 valence electrons. The highest BCUT2D eigenvalue weighted by Gasteiger charge is 2.21. The lowest BCUT2D eigenvalue weighted by Gasteiger charge is -2.19. The number of carbonyl (C=O) groups is 1. The van der Waals surface area contributed by atoms with Gasteiger partial charge in [-0.2, -0.15) is 0 Å². The number of ether oxygens (including phenoxy) is 2. The molecule has 36 heavy (non-hydrogen) atoms. The summed E-state index contributed by atoms with van der Waals surface area (Å²) in [5.74, 6) is 1.20. The Balaban J connectivity index is 1.41. The molecule has 0 aliphatic carbocycles. The van der Waals surface area contributed by atoms with E-state index in [0.717, 1.165) is 35.9 Å². The second kappa shape index (κ2) is 10.8. The predicted octanol–water partition coefficient (Wildman–Crippen LogP) is 8.25. The van der Waals surface area contributed by atoms with Crippen LogP contribution in [0.2, 0.25) is 0 Å². The zero-order valence-electron chi connectivity index (χ0n) is 19.1. The van der Waals surface area contributed by atoms with Crippen molar-refractivity contribution < 1.29 is 14.3 Å². The summed E-state index contributed by atoms with van der Waals surface area (Å²) >= 11 is 8.41. The quantitative estimate of drug-likeness (QED) is 0.198. The number of aromatic nitrogens is 1. The molecule has 0 radical (unpaired) electrons. The van der Waals surface area contributed by atoms with Crippen molar-refractivity contribution in [1.82, 2.24) is 4.98 Å². The number of halogens is 2. The first-order valence-electron chi connectivity index (χ1n) is 11.0. The van der Waals surface area contributed by atoms with Crippen LogP contribution in [0.25, 0.3) is 10.8 Å². The first-order chi connectivity index (χ1) is 17.5. The minimum absolute atomic E-state index is 0.236. The van der Waals surface area contributed by atoms with Crippen molar-refractivity contribution in [2.75, 3.05) is 12.4 Å². The molecule has 4 aromatic carbocycles. The minimum atomic E-state index is -0.393. The monoisotopic (exact) mass is 622 g/mol. The molecule has 0 aliphatic rings. The summed E-state index contributed by atoms with van der Waals surface area (Å²) in [6.45, 7) is 0. The number of rotatable bonds is 7. The molecule has 1 amide bonds. The van der Waals surface area contributed by atoms with Crippen molar-refractivity contribution >= 4 is 65.0 Å². The average molecular weight is 624 g/mol. The largest absolute Gasteiger partial charge is 0.497 e. The first kappa shape index (κ1) is 24.5. The van der Waals surface area contributed by atoms with E-state index >= 15 is 0 Å². The van der Waals surface area contributed by atoms with Gasteiger partial charge < -0.3 is 9.47 Å². The Hall–Kier alpha value is -3.20. The van der Waals surface area contributed by atoms with E-state index < -0.39 is 6.10 Å². The van der Waals surface area contributed by atoms with Gasteiger partial charge in [-0.25, -0.2) is 4.98 Å². The number of anilines is 1. The van der Waals surface area contributed by atoms with Crippen LogP contribution in [0.5, 0.6) is 11.5 Å². The van der Waals surface area contributed by atoms with Crippen LogP contribution in [0.15, 0.2) is 100 Å². The van der Waals surface area contributed by atoms with Crippen LogP contribution in [0.3, 0.4) is 0 Å². The molecule has 5 aromatic rings. The Morgan fingerprint density at radius 3 is 2.28 bits per heavy atom. The number of benzene rings is 4. The maximum atomic E-state index is 12.7. The molecule has 1 aromatic heterocycles. The van der Waals surface area contributed by atoms with Gasteiger partial charge in [0.25, 0.3) is 5.91 Å². The van der Waals surface area contributed by atoms with Crippen LogP contribution in [0.4, 0.5) is 5.13 Å². The Bertz CT molecular complexity index is 1520. The van der Waals surface area contributed by atoms with Gasteiger partial charge in [0, 0.05) is 20.7 Å². The van der Waals surface area contributed by atoms with Crippen LogP contribution in [0.1, 0.15) is 26.9 Å². The second-order valence-corrected chi connectivity index (χ2v) is 10.8. The van der Waals surface area contributed by atoms with E-state index in [1.54, 1.807) is 37.6 Å². The third-order valence-electron chi connectivity index (χ3n) is 5.56. The lowest BCUT2D eigenvalue weighted by Crippen LogP contribution is -2.11. The molecule has 8 heteroatoms. The molecule has 1 unspecified atom stereocenters. The van der Waals surface area contributed by atoms with Gasteiger partial charge in [-0.15, -0.1) is 0 Å². The molecule has 0 saturated heterocycles. The second-order valence-electron chi connectivity index (χ2n) is 7.95. The van der Waals surface area contributed by atoms with Crippen LogP contribution in [-0.2, 0) is 0 Å². The van der Waals surface area contributed by atoms with E-state index in [-0.39, 0.29) is 5.91 Å². The lowest BCUT2D eigenvalue weighted by molar-refractivity contribution is 0.102. The summed E-state index contributed by atoms with van der Waals surface area (Å²) in [5, 5.41) is 5.59. The normalized spacial score (nSPS) is 11.8. The minimum Gasteiger partial charge on any atom is -0.497 e. The molecule has 5 nitrogen and oxygen atoms in total. The number of fused-ring (bicyclic) bond motifs is 1. The summed E-state index contributed by atoms with van der Waals surface area (Å²) in [6, 6.07) is 27.1. The number of hydrogen-bond donors (Lipinski definition) is 1. The highest BCUT2D eigenvalue weighted by Crippen LogP contribution is 2.35. The fraction of sp³-hybridized carbons (Fsp3) is 0.0714. The summed E-state index contributed by atoms with van der Waals surface area (Å²) < 4.78 is 13.7. The van der Waals surface area contributed by atoms with E-state index in [9.17, 15) is 4.79 Å². The van der Waals surface area contributed by atoms with Crippen molar-refractivity contribution in [3.05, 3.63) is 116 Å². The summed E-state index contributed by atoms with van der Waals surface area (Å²) in [6.07, 6.45) is 1.36. The topological polar surface area (TPSA) is 60.5 Å². The SMILES string of the molecule is COc1ccc(C(=O)Nc2ncc(C(Oc3ccc4cc(Br)ccc4c3)c3ccc(Br)cc3)s2)cc1. The van der Waals surface area contributed by atoms with Gasteiger partial charge >= 0.3 is 0 Å². The summed E-state index contributed by atoms with van der Waals surface area (Å²) in [4.78, 5) is 18.0. The highest BCUT2D eigenvalue weighted by molar-refractivity contribution is 9.10. The van der Waals surface area contributed by atoms with Crippen molar-refractivity contribution in [3.8, 4) is 11.5 Å². The fourth-order valence-corrected chi connectivity index (χ4v) is 5.22. The van der Waals surface area contributed by atoms with Gasteiger partial charge in [-0.3, -0.25) is 10.1 Å². The zero-order chi connectivity index (χ0) is 25.1. The molecule has 0 fully saturated rings. The van der Waals surface area contributed by atoms with E-state index in [1.165, 1.54) is 11.3 Å².